The number of hydrogen-bond donors (Lipinski definition) is 1. The molecule has 0 aliphatic carbocycles. The van der Waals surface area contributed by atoms with E-state index in [2.05, 4.69) is 4.90 Å². The Labute approximate surface area is 106 Å². The van der Waals surface area contributed by atoms with Gasteiger partial charge >= 0.3 is 0 Å². The van der Waals surface area contributed by atoms with Gasteiger partial charge in [0.05, 0.1) is 6.04 Å². The zero-order valence-electron chi connectivity index (χ0n) is 10.6. The van der Waals surface area contributed by atoms with Crippen molar-refractivity contribution in [2.24, 2.45) is 12.8 Å². The molecule has 0 radical (unpaired) electrons. The van der Waals surface area contributed by atoms with E-state index >= 15 is 0 Å². The molecule has 98 valence electrons. The second-order valence-corrected chi connectivity index (χ2v) is 4.87. The number of hydrogen-bond acceptors (Lipinski definition) is 3. The highest BCUT2D eigenvalue weighted by molar-refractivity contribution is 5.79. The number of nitrogens with zero attached hydrogens (tertiary/aromatic N) is 2. The Morgan fingerprint density at radius 2 is 2.28 bits per heavy atom. The van der Waals surface area contributed by atoms with E-state index < -0.39 is 0 Å². The number of aromatic nitrogens is 1. The molecule has 0 bridgehead atoms. The first-order valence-electron chi connectivity index (χ1n) is 6.27. The van der Waals surface area contributed by atoms with Crippen LogP contribution in [0.2, 0.25) is 0 Å². The Hall–Kier alpha value is -1.62. The molecule has 1 saturated heterocycles. The number of carbonyl (C=O) groups is 1. The molecule has 1 aromatic heterocycles. The summed E-state index contributed by atoms with van der Waals surface area (Å²) in [5.74, 6) is -0.265. The summed E-state index contributed by atoms with van der Waals surface area (Å²) in [6, 6.07) is 3.34. The van der Waals surface area contributed by atoms with Crippen LogP contribution in [0.25, 0.3) is 0 Å². The van der Waals surface area contributed by atoms with Crippen molar-refractivity contribution >= 4 is 5.91 Å². The number of nitrogens with two attached hydrogens (primary N) is 1. The average molecular weight is 249 g/mol. The SMILES string of the molecule is Cn1ccc(CN2CCCC[C@@H]2C(N)=O)cc1=O. The third kappa shape index (κ3) is 2.79. The van der Waals surface area contributed by atoms with E-state index in [0.717, 1.165) is 31.4 Å². The minimum absolute atomic E-state index is 0.0277. The van der Waals surface area contributed by atoms with Crippen LogP contribution in [0.1, 0.15) is 24.8 Å². The summed E-state index contributed by atoms with van der Waals surface area (Å²) in [5, 5.41) is 0. The number of carbonyl (C=O) groups excluding carboxylic acids is 1. The Balaban J connectivity index is 2.13. The molecule has 2 heterocycles. The molecule has 1 fully saturated rings. The van der Waals surface area contributed by atoms with Crippen LogP contribution in [0.15, 0.2) is 23.1 Å². The van der Waals surface area contributed by atoms with E-state index in [9.17, 15) is 9.59 Å². The summed E-state index contributed by atoms with van der Waals surface area (Å²) in [6.07, 6.45) is 4.69. The number of rotatable bonds is 3. The van der Waals surface area contributed by atoms with Crippen molar-refractivity contribution < 1.29 is 4.79 Å². The number of likely N-dealkylation sites (tertiary alicyclic amines) is 1. The summed E-state index contributed by atoms with van der Waals surface area (Å²) in [6.45, 7) is 1.48. The maximum Gasteiger partial charge on any atom is 0.250 e. The molecular weight excluding hydrogens is 230 g/mol. The largest absolute Gasteiger partial charge is 0.368 e. The van der Waals surface area contributed by atoms with E-state index in [-0.39, 0.29) is 17.5 Å². The lowest BCUT2D eigenvalue weighted by Crippen LogP contribution is -2.47. The van der Waals surface area contributed by atoms with Crippen molar-refractivity contribution in [2.75, 3.05) is 6.54 Å². The fourth-order valence-corrected chi connectivity index (χ4v) is 2.42. The normalized spacial score (nSPS) is 20.8. The van der Waals surface area contributed by atoms with Gasteiger partial charge in [-0.2, -0.15) is 0 Å². The molecule has 1 aliphatic heterocycles. The molecule has 5 nitrogen and oxygen atoms in total. The Bertz CT molecular complexity index is 495. The maximum atomic E-state index is 11.5. The average Bonchev–Trinajstić information content (AvgIpc) is 2.34. The van der Waals surface area contributed by atoms with Crippen molar-refractivity contribution in [3.8, 4) is 0 Å². The predicted octanol–water partition coefficient (Wildman–Crippen LogP) is 0.225. The topological polar surface area (TPSA) is 68.3 Å². The zero-order chi connectivity index (χ0) is 13.1. The van der Waals surface area contributed by atoms with Crippen LogP contribution in [0.4, 0.5) is 0 Å². The van der Waals surface area contributed by atoms with Crippen LogP contribution < -0.4 is 11.3 Å². The molecule has 0 spiro atoms. The zero-order valence-corrected chi connectivity index (χ0v) is 10.6. The van der Waals surface area contributed by atoms with E-state index in [4.69, 9.17) is 5.73 Å². The number of primary amides is 1. The van der Waals surface area contributed by atoms with E-state index in [0.29, 0.717) is 6.54 Å². The first-order chi connectivity index (χ1) is 8.58. The molecule has 1 atom stereocenters. The van der Waals surface area contributed by atoms with Crippen molar-refractivity contribution in [1.29, 1.82) is 0 Å². The van der Waals surface area contributed by atoms with Gasteiger partial charge in [0, 0.05) is 25.9 Å². The summed E-state index contributed by atoms with van der Waals surface area (Å²) >= 11 is 0. The van der Waals surface area contributed by atoms with Gasteiger partial charge in [-0.05, 0) is 31.0 Å². The molecule has 0 aromatic carbocycles. The van der Waals surface area contributed by atoms with E-state index in [1.807, 2.05) is 6.07 Å². The number of piperidine rings is 1. The molecule has 0 saturated carbocycles. The molecule has 0 unspecified atom stereocenters. The van der Waals surface area contributed by atoms with Gasteiger partial charge in [0.15, 0.2) is 0 Å². The van der Waals surface area contributed by atoms with Crippen LogP contribution in [0.3, 0.4) is 0 Å². The first kappa shape index (κ1) is 12.8. The minimum atomic E-state index is -0.265. The van der Waals surface area contributed by atoms with Crippen LogP contribution in [0.5, 0.6) is 0 Å². The lowest BCUT2D eigenvalue weighted by molar-refractivity contribution is -0.124. The van der Waals surface area contributed by atoms with Gasteiger partial charge in [0.2, 0.25) is 5.91 Å². The Kier molecular flexibility index (Phi) is 3.81. The summed E-state index contributed by atoms with van der Waals surface area (Å²) < 4.78 is 1.53. The fourth-order valence-electron chi connectivity index (χ4n) is 2.42. The predicted molar refractivity (Wildman–Crippen MR) is 68.9 cm³/mol. The highest BCUT2D eigenvalue weighted by Gasteiger charge is 2.26. The molecule has 2 N–H and O–H groups in total. The van der Waals surface area contributed by atoms with Crippen molar-refractivity contribution in [2.45, 2.75) is 31.8 Å². The number of aryl methyl sites for hydroxylation is 1. The van der Waals surface area contributed by atoms with Gasteiger partial charge in [-0.3, -0.25) is 14.5 Å². The molecule has 2 rings (SSSR count). The lowest BCUT2D eigenvalue weighted by Gasteiger charge is -2.33. The third-order valence-electron chi connectivity index (χ3n) is 3.50. The van der Waals surface area contributed by atoms with Crippen LogP contribution in [-0.4, -0.2) is 28.0 Å². The summed E-state index contributed by atoms with van der Waals surface area (Å²) in [4.78, 5) is 25.0. The summed E-state index contributed by atoms with van der Waals surface area (Å²) in [5.41, 5.74) is 6.33. The maximum absolute atomic E-state index is 11.5. The van der Waals surface area contributed by atoms with Crippen LogP contribution in [-0.2, 0) is 18.4 Å². The van der Waals surface area contributed by atoms with Crippen molar-refractivity contribution in [1.82, 2.24) is 9.47 Å². The highest BCUT2D eigenvalue weighted by Crippen LogP contribution is 2.18. The quantitative estimate of drug-likeness (QED) is 0.833. The van der Waals surface area contributed by atoms with E-state index in [1.165, 1.54) is 4.57 Å². The van der Waals surface area contributed by atoms with E-state index in [1.54, 1.807) is 19.3 Å². The minimum Gasteiger partial charge on any atom is -0.368 e. The van der Waals surface area contributed by atoms with Gasteiger partial charge in [-0.15, -0.1) is 0 Å². The second-order valence-electron chi connectivity index (χ2n) is 4.87. The standard InChI is InChI=1S/C13H19N3O2/c1-15-7-5-10(8-12(15)17)9-16-6-3-2-4-11(16)13(14)18/h5,7-8,11H,2-4,6,9H2,1H3,(H2,14,18)/t11-/m1/s1. The van der Waals surface area contributed by atoms with Crippen molar-refractivity contribution in [3.63, 3.8) is 0 Å². The number of pyridine rings is 1. The molecule has 1 amide bonds. The molecule has 5 heteroatoms. The van der Waals surface area contributed by atoms with Gasteiger partial charge < -0.3 is 10.3 Å². The van der Waals surface area contributed by atoms with Crippen LogP contribution in [0, 0.1) is 0 Å². The summed E-state index contributed by atoms with van der Waals surface area (Å²) in [7, 11) is 1.72. The monoisotopic (exact) mass is 249 g/mol. The number of amides is 1. The lowest BCUT2D eigenvalue weighted by atomic mass is 10.0. The molecule has 1 aliphatic rings. The fraction of sp³-hybridized carbons (Fsp3) is 0.538. The Morgan fingerprint density at radius 1 is 1.50 bits per heavy atom. The third-order valence-corrected chi connectivity index (χ3v) is 3.50. The first-order valence-corrected chi connectivity index (χ1v) is 6.27. The smallest absolute Gasteiger partial charge is 0.250 e. The van der Waals surface area contributed by atoms with Gasteiger partial charge in [0.25, 0.3) is 5.56 Å². The van der Waals surface area contributed by atoms with Gasteiger partial charge in [-0.25, -0.2) is 0 Å². The highest BCUT2D eigenvalue weighted by atomic mass is 16.1. The second kappa shape index (κ2) is 5.35. The van der Waals surface area contributed by atoms with Crippen LogP contribution >= 0.6 is 0 Å². The van der Waals surface area contributed by atoms with Gasteiger partial charge in [0.1, 0.15) is 0 Å². The van der Waals surface area contributed by atoms with Crippen molar-refractivity contribution in [3.05, 3.63) is 34.2 Å². The molecule has 1 aromatic rings. The molecular formula is C13H19N3O2. The Morgan fingerprint density at radius 3 is 2.94 bits per heavy atom. The van der Waals surface area contributed by atoms with Gasteiger partial charge in [-0.1, -0.05) is 6.42 Å². The molecule has 18 heavy (non-hydrogen) atoms.